The Labute approximate surface area is 157 Å². The zero-order valence-corrected chi connectivity index (χ0v) is 16.0. The molecule has 142 valence electrons. The van der Waals surface area contributed by atoms with Crippen molar-refractivity contribution in [1.82, 2.24) is 9.79 Å². The molecule has 3 aromatic rings. The van der Waals surface area contributed by atoms with Gasteiger partial charge in [0.2, 0.25) is 0 Å². The van der Waals surface area contributed by atoms with Crippen LogP contribution in [0, 0.1) is 0 Å². The molecule has 8 heteroatoms. The standard InChI is InChI=1S/C19H20N2O5S/c1-13(18-12-14-7-4-5-10-17(14)26-18)20-19(22)15-8-6-9-16(11-15)27(23,24)21(2)25-3/h4-13H,1-3H3,(H,20,22)/t13-/m0/s1. The Hall–Kier alpha value is -2.68. The molecular formula is C19H20N2O5S. The van der Waals surface area contributed by atoms with Crippen LogP contribution in [0.5, 0.6) is 0 Å². The molecule has 1 atom stereocenters. The van der Waals surface area contributed by atoms with Gasteiger partial charge in [0.25, 0.3) is 15.9 Å². The van der Waals surface area contributed by atoms with Crippen molar-refractivity contribution in [2.24, 2.45) is 0 Å². The number of amides is 1. The quantitative estimate of drug-likeness (QED) is 0.656. The number of fused-ring (bicyclic) bond motifs is 1. The first-order valence-electron chi connectivity index (χ1n) is 8.25. The Balaban J connectivity index is 1.81. The molecule has 1 N–H and O–H groups in total. The van der Waals surface area contributed by atoms with Crippen molar-refractivity contribution >= 4 is 26.9 Å². The highest BCUT2D eigenvalue weighted by atomic mass is 32.2. The molecule has 7 nitrogen and oxygen atoms in total. The van der Waals surface area contributed by atoms with E-state index >= 15 is 0 Å². The molecule has 0 saturated heterocycles. The normalized spacial score (nSPS) is 13.0. The van der Waals surface area contributed by atoms with Gasteiger partial charge in [0.15, 0.2) is 0 Å². The lowest BCUT2D eigenvalue weighted by atomic mass is 10.1. The van der Waals surface area contributed by atoms with Gasteiger partial charge in [0.1, 0.15) is 11.3 Å². The smallest absolute Gasteiger partial charge is 0.264 e. The highest BCUT2D eigenvalue weighted by molar-refractivity contribution is 7.89. The Morgan fingerprint density at radius 1 is 1.15 bits per heavy atom. The predicted octanol–water partition coefficient (Wildman–Crippen LogP) is 3.11. The highest BCUT2D eigenvalue weighted by Crippen LogP contribution is 2.24. The van der Waals surface area contributed by atoms with Gasteiger partial charge in [-0.2, -0.15) is 0 Å². The van der Waals surface area contributed by atoms with E-state index in [4.69, 9.17) is 9.25 Å². The Bertz CT molecular complexity index is 1040. The molecule has 3 rings (SSSR count). The third-order valence-electron chi connectivity index (χ3n) is 4.21. The van der Waals surface area contributed by atoms with Crippen LogP contribution in [0.4, 0.5) is 0 Å². The zero-order chi connectivity index (χ0) is 19.6. The lowest BCUT2D eigenvalue weighted by Gasteiger charge is -2.15. The molecule has 27 heavy (non-hydrogen) atoms. The van der Waals surface area contributed by atoms with E-state index in [0.717, 1.165) is 15.4 Å². The Morgan fingerprint density at radius 3 is 2.59 bits per heavy atom. The van der Waals surface area contributed by atoms with Crippen LogP contribution in [0.3, 0.4) is 0 Å². The summed E-state index contributed by atoms with van der Waals surface area (Å²) in [5.41, 5.74) is 0.966. The summed E-state index contributed by atoms with van der Waals surface area (Å²) in [6.07, 6.45) is 0. The molecule has 2 aromatic carbocycles. The molecule has 0 spiro atoms. The van der Waals surface area contributed by atoms with Gasteiger partial charge < -0.3 is 9.73 Å². The number of furan rings is 1. The van der Waals surface area contributed by atoms with Gasteiger partial charge >= 0.3 is 0 Å². The molecule has 0 bridgehead atoms. The first-order chi connectivity index (χ1) is 12.8. The summed E-state index contributed by atoms with van der Waals surface area (Å²) in [6.45, 7) is 1.80. The maximum Gasteiger partial charge on any atom is 0.264 e. The summed E-state index contributed by atoms with van der Waals surface area (Å²) in [5.74, 6) is 0.215. The second-order valence-electron chi connectivity index (χ2n) is 6.01. The summed E-state index contributed by atoms with van der Waals surface area (Å²) >= 11 is 0. The number of nitrogens with zero attached hydrogens (tertiary/aromatic N) is 1. The number of carbonyl (C=O) groups excluding carboxylic acids is 1. The minimum Gasteiger partial charge on any atom is -0.459 e. The molecule has 1 aromatic heterocycles. The number of carbonyl (C=O) groups is 1. The molecule has 1 heterocycles. The summed E-state index contributed by atoms with van der Waals surface area (Å²) in [6, 6.07) is 14.8. The number of para-hydroxylation sites is 1. The minimum atomic E-state index is -3.83. The SMILES string of the molecule is CON(C)S(=O)(=O)c1cccc(C(=O)N[C@@H](C)c2cc3ccccc3o2)c1. The van der Waals surface area contributed by atoms with Crippen LogP contribution in [0.15, 0.2) is 63.9 Å². The summed E-state index contributed by atoms with van der Waals surface area (Å²) in [4.78, 5) is 17.3. The third-order valence-corrected chi connectivity index (χ3v) is 5.88. The van der Waals surface area contributed by atoms with E-state index in [1.165, 1.54) is 32.4 Å². The topological polar surface area (TPSA) is 88.8 Å². The maximum atomic E-state index is 12.6. The van der Waals surface area contributed by atoms with Gasteiger partial charge in [0, 0.05) is 18.0 Å². The lowest BCUT2D eigenvalue weighted by Crippen LogP contribution is -2.28. The van der Waals surface area contributed by atoms with E-state index in [0.29, 0.717) is 5.76 Å². The zero-order valence-electron chi connectivity index (χ0n) is 15.2. The first-order valence-corrected chi connectivity index (χ1v) is 9.69. The van der Waals surface area contributed by atoms with Crippen molar-refractivity contribution in [2.75, 3.05) is 14.2 Å². The fourth-order valence-corrected chi connectivity index (χ4v) is 3.63. The maximum absolute atomic E-state index is 12.6. The summed E-state index contributed by atoms with van der Waals surface area (Å²) < 4.78 is 31.2. The number of hydroxylamine groups is 1. The van der Waals surface area contributed by atoms with Crippen LogP contribution in [-0.2, 0) is 14.9 Å². The fourth-order valence-electron chi connectivity index (χ4n) is 2.61. The number of hydrogen-bond acceptors (Lipinski definition) is 5. The van der Waals surface area contributed by atoms with Crippen molar-refractivity contribution in [1.29, 1.82) is 0 Å². The van der Waals surface area contributed by atoms with E-state index in [2.05, 4.69) is 5.32 Å². The van der Waals surface area contributed by atoms with Gasteiger partial charge in [-0.3, -0.25) is 9.63 Å². The molecular weight excluding hydrogens is 368 g/mol. The van der Waals surface area contributed by atoms with Gasteiger partial charge in [-0.1, -0.05) is 28.7 Å². The average molecular weight is 388 g/mol. The van der Waals surface area contributed by atoms with E-state index in [-0.39, 0.29) is 16.5 Å². The van der Waals surface area contributed by atoms with Crippen LogP contribution < -0.4 is 5.32 Å². The van der Waals surface area contributed by atoms with Gasteiger partial charge in [0.05, 0.1) is 18.0 Å². The first kappa shape index (κ1) is 19.1. The lowest BCUT2D eigenvalue weighted by molar-refractivity contribution is -0.0258. The molecule has 1 amide bonds. The fraction of sp³-hybridized carbons (Fsp3) is 0.211. The van der Waals surface area contributed by atoms with E-state index < -0.39 is 15.9 Å². The van der Waals surface area contributed by atoms with E-state index in [9.17, 15) is 13.2 Å². The average Bonchev–Trinajstić information content (AvgIpc) is 3.11. The predicted molar refractivity (Wildman–Crippen MR) is 100 cm³/mol. The van der Waals surface area contributed by atoms with E-state index in [1.807, 2.05) is 30.3 Å². The van der Waals surface area contributed by atoms with Crippen LogP contribution in [0.1, 0.15) is 29.1 Å². The number of sulfonamides is 1. The number of nitrogens with one attached hydrogen (secondary N) is 1. The minimum absolute atomic E-state index is 0.0316. The molecule has 0 fully saturated rings. The van der Waals surface area contributed by atoms with Gasteiger partial charge in [-0.15, -0.1) is 0 Å². The number of hydrogen-bond donors (Lipinski definition) is 1. The van der Waals surface area contributed by atoms with Crippen molar-refractivity contribution in [3.8, 4) is 0 Å². The third kappa shape index (κ3) is 3.87. The molecule has 0 saturated carbocycles. The number of rotatable bonds is 6. The Morgan fingerprint density at radius 2 is 1.89 bits per heavy atom. The molecule has 0 aliphatic carbocycles. The molecule has 0 radical (unpaired) electrons. The Kier molecular flexibility index (Phi) is 5.31. The molecule has 0 aliphatic heterocycles. The van der Waals surface area contributed by atoms with Crippen molar-refractivity contribution in [3.05, 3.63) is 65.9 Å². The van der Waals surface area contributed by atoms with Crippen LogP contribution in [0.2, 0.25) is 0 Å². The van der Waals surface area contributed by atoms with Crippen LogP contribution in [0.25, 0.3) is 11.0 Å². The second kappa shape index (κ2) is 7.51. The highest BCUT2D eigenvalue weighted by Gasteiger charge is 2.22. The second-order valence-corrected chi connectivity index (χ2v) is 7.94. The largest absolute Gasteiger partial charge is 0.459 e. The monoisotopic (exact) mass is 388 g/mol. The van der Waals surface area contributed by atoms with Crippen molar-refractivity contribution in [2.45, 2.75) is 17.9 Å². The van der Waals surface area contributed by atoms with Crippen LogP contribution >= 0.6 is 0 Å². The van der Waals surface area contributed by atoms with Crippen molar-refractivity contribution < 1.29 is 22.5 Å². The summed E-state index contributed by atoms with van der Waals surface area (Å²) in [7, 11) is -1.29. The molecule has 0 aliphatic rings. The summed E-state index contributed by atoms with van der Waals surface area (Å²) in [5, 5.41) is 3.77. The van der Waals surface area contributed by atoms with Gasteiger partial charge in [-0.25, -0.2) is 8.42 Å². The number of benzene rings is 2. The molecule has 0 unspecified atom stereocenters. The van der Waals surface area contributed by atoms with Crippen LogP contribution in [-0.4, -0.2) is 33.0 Å². The van der Waals surface area contributed by atoms with Gasteiger partial charge in [-0.05, 0) is 37.3 Å². The van der Waals surface area contributed by atoms with Crippen molar-refractivity contribution in [3.63, 3.8) is 0 Å². The van der Waals surface area contributed by atoms with E-state index in [1.54, 1.807) is 13.0 Å².